The number of rotatable bonds is 7. The van der Waals surface area contributed by atoms with Crippen LogP contribution in [0.4, 0.5) is 0 Å². The standard InChI is InChI=1S/C19H18ClN3O4S/c20-13-9-12(10-14-18(13)26-7-6-25-14)11-21-16(24)4-1-5-17-22-19(23-27-17)15-3-2-8-28-15/h2-3,8-10H,1,4-7,11H2,(H,21,24). The van der Waals surface area contributed by atoms with Gasteiger partial charge in [-0.15, -0.1) is 11.3 Å². The van der Waals surface area contributed by atoms with Crippen LogP contribution in [0.2, 0.25) is 5.02 Å². The van der Waals surface area contributed by atoms with Crippen molar-refractivity contribution < 1.29 is 18.8 Å². The normalized spacial score (nSPS) is 12.8. The number of hydrogen-bond acceptors (Lipinski definition) is 7. The van der Waals surface area contributed by atoms with Crippen LogP contribution in [0.1, 0.15) is 24.3 Å². The number of thiophene rings is 1. The molecule has 0 spiro atoms. The number of carbonyl (C=O) groups is 1. The van der Waals surface area contributed by atoms with Crippen molar-refractivity contribution in [1.29, 1.82) is 0 Å². The molecule has 0 aliphatic carbocycles. The fourth-order valence-corrected chi connectivity index (χ4v) is 3.75. The minimum absolute atomic E-state index is 0.0518. The average Bonchev–Trinajstić information content (AvgIpc) is 3.38. The Kier molecular flexibility index (Phi) is 5.78. The molecule has 0 saturated heterocycles. The number of halogens is 1. The van der Waals surface area contributed by atoms with Gasteiger partial charge in [-0.25, -0.2) is 0 Å². The van der Waals surface area contributed by atoms with Gasteiger partial charge in [0.15, 0.2) is 11.5 Å². The van der Waals surface area contributed by atoms with Gasteiger partial charge < -0.3 is 19.3 Å². The van der Waals surface area contributed by atoms with Crippen molar-refractivity contribution >= 4 is 28.8 Å². The predicted octanol–water partition coefficient (Wildman–Crippen LogP) is 3.86. The second-order valence-electron chi connectivity index (χ2n) is 6.22. The van der Waals surface area contributed by atoms with Gasteiger partial charge in [0, 0.05) is 19.4 Å². The molecule has 1 aromatic carbocycles. The Morgan fingerprint density at radius 2 is 2.18 bits per heavy atom. The van der Waals surface area contributed by atoms with Gasteiger partial charge in [-0.05, 0) is 35.6 Å². The summed E-state index contributed by atoms with van der Waals surface area (Å²) in [7, 11) is 0. The van der Waals surface area contributed by atoms with Gasteiger partial charge in [-0.2, -0.15) is 4.98 Å². The first kappa shape index (κ1) is 18.8. The van der Waals surface area contributed by atoms with Crippen molar-refractivity contribution in [3.63, 3.8) is 0 Å². The SMILES string of the molecule is O=C(CCCc1nc(-c2cccs2)no1)NCc1cc(Cl)c2c(c1)OCCO2. The van der Waals surface area contributed by atoms with E-state index in [4.69, 9.17) is 25.6 Å². The van der Waals surface area contributed by atoms with Crippen LogP contribution >= 0.6 is 22.9 Å². The van der Waals surface area contributed by atoms with E-state index >= 15 is 0 Å². The van der Waals surface area contributed by atoms with E-state index in [0.29, 0.717) is 67.3 Å². The lowest BCUT2D eigenvalue weighted by atomic mass is 10.1. The molecule has 0 radical (unpaired) electrons. The largest absolute Gasteiger partial charge is 0.486 e. The summed E-state index contributed by atoms with van der Waals surface area (Å²) in [6.45, 7) is 1.35. The maximum atomic E-state index is 12.1. The van der Waals surface area contributed by atoms with Crippen LogP contribution in [-0.4, -0.2) is 29.3 Å². The molecule has 1 aliphatic rings. The van der Waals surface area contributed by atoms with Crippen molar-refractivity contribution in [3.05, 3.63) is 46.1 Å². The second-order valence-corrected chi connectivity index (χ2v) is 7.58. The average molecular weight is 420 g/mol. The maximum absolute atomic E-state index is 12.1. The third-order valence-electron chi connectivity index (χ3n) is 4.15. The summed E-state index contributed by atoms with van der Waals surface area (Å²) in [6.07, 6.45) is 1.55. The van der Waals surface area contributed by atoms with Crippen LogP contribution in [0.15, 0.2) is 34.2 Å². The topological polar surface area (TPSA) is 86.5 Å². The summed E-state index contributed by atoms with van der Waals surface area (Å²) in [5, 5.41) is 9.30. The molecule has 3 aromatic rings. The van der Waals surface area contributed by atoms with Crippen molar-refractivity contribution in [3.8, 4) is 22.2 Å². The molecule has 9 heteroatoms. The van der Waals surface area contributed by atoms with Crippen LogP contribution in [0.3, 0.4) is 0 Å². The lowest BCUT2D eigenvalue weighted by Crippen LogP contribution is -2.23. The van der Waals surface area contributed by atoms with Gasteiger partial charge in [-0.3, -0.25) is 4.79 Å². The van der Waals surface area contributed by atoms with Crippen molar-refractivity contribution in [1.82, 2.24) is 15.5 Å². The fourth-order valence-electron chi connectivity index (χ4n) is 2.82. The Labute approximate surface area is 170 Å². The lowest BCUT2D eigenvalue weighted by molar-refractivity contribution is -0.121. The predicted molar refractivity (Wildman–Crippen MR) is 105 cm³/mol. The monoisotopic (exact) mass is 419 g/mol. The number of aryl methyl sites for hydroxylation is 1. The van der Waals surface area contributed by atoms with Gasteiger partial charge >= 0.3 is 0 Å². The molecule has 0 saturated carbocycles. The van der Waals surface area contributed by atoms with Crippen LogP contribution in [-0.2, 0) is 17.8 Å². The number of benzene rings is 1. The van der Waals surface area contributed by atoms with Crippen molar-refractivity contribution in [2.45, 2.75) is 25.8 Å². The minimum atomic E-state index is -0.0518. The molecule has 1 aliphatic heterocycles. The van der Waals surface area contributed by atoms with Crippen LogP contribution < -0.4 is 14.8 Å². The van der Waals surface area contributed by atoms with Crippen LogP contribution in [0.25, 0.3) is 10.7 Å². The molecule has 0 fully saturated rings. The zero-order valence-corrected chi connectivity index (χ0v) is 16.5. The molecule has 0 atom stereocenters. The molecule has 0 bridgehead atoms. The Balaban J connectivity index is 1.24. The Bertz CT molecular complexity index is 958. The zero-order valence-electron chi connectivity index (χ0n) is 14.9. The minimum Gasteiger partial charge on any atom is -0.486 e. The summed E-state index contributed by atoms with van der Waals surface area (Å²) in [5.41, 5.74) is 0.861. The molecule has 7 nitrogen and oxygen atoms in total. The highest BCUT2D eigenvalue weighted by molar-refractivity contribution is 7.13. The number of hydrogen-bond donors (Lipinski definition) is 1. The Morgan fingerprint density at radius 3 is 3.04 bits per heavy atom. The van der Waals surface area contributed by atoms with Crippen LogP contribution in [0, 0.1) is 0 Å². The molecule has 1 N–H and O–H groups in total. The molecule has 1 amide bonds. The number of aromatic nitrogens is 2. The fraction of sp³-hybridized carbons (Fsp3) is 0.316. The van der Waals surface area contributed by atoms with E-state index < -0.39 is 0 Å². The summed E-state index contributed by atoms with van der Waals surface area (Å²) in [4.78, 5) is 17.4. The Hall–Kier alpha value is -2.58. The van der Waals surface area contributed by atoms with Gasteiger partial charge in [0.2, 0.25) is 17.6 Å². The number of nitrogens with zero attached hydrogens (tertiary/aromatic N) is 2. The number of fused-ring (bicyclic) bond motifs is 1. The molecular weight excluding hydrogens is 402 g/mol. The van der Waals surface area contributed by atoms with Gasteiger partial charge in [0.25, 0.3) is 0 Å². The van der Waals surface area contributed by atoms with E-state index in [1.165, 1.54) is 0 Å². The first-order chi connectivity index (χ1) is 13.7. The highest BCUT2D eigenvalue weighted by atomic mass is 35.5. The van der Waals surface area contributed by atoms with Gasteiger partial charge in [-0.1, -0.05) is 22.8 Å². The van der Waals surface area contributed by atoms with Gasteiger partial charge in [0.05, 0.1) is 9.90 Å². The third kappa shape index (κ3) is 4.45. The molecule has 4 rings (SSSR count). The molecular formula is C19H18ClN3O4S. The van der Waals surface area contributed by atoms with Crippen LogP contribution in [0.5, 0.6) is 11.5 Å². The summed E-state index contributed by atoms with van der Waals surface area (Å²) >= 11 is 7.77. The highest BCUT2D eigenvalue weighted by Gasteiger charge is 2.17. The van der Waals surface area contributed by atoms with E-state index in [2.05, 4.69) is 15.5 Å². The highest BCUT2D eigenvalue weighted by Crippen LogP contribution is 2.38. The number of carbonyl (C=O) groups excluding carboxylic acids is 1. The third-order valence-corrected chi connectivity index (χ3v) is 5.30. The molecule has 0 unspecified atom stereocenters. The Morgan fingerprint density at radius 1 is 1.29 bits per heavy atom. The summed E-state index contributed by atoms with van der Waals surface area (Å²) in [6, 6.07) is 7.50. The molecule has 146 valence electrons. The number of ether oxygens (including phenoxy) is 2. The molecule has 3 heterocycles. The van der Waals surface area contributed by atoms with E-state index in [-0.39, 0.29) is 5.91 Å². The zero-order chi connectivity index (χ0) is 19.3. The summed E-state index contributed by atoms with van der Waals surface area (Å²) in [5.74, 6) is 2.24. The van der Waals surface area contributed by atoms with E-state index in [1.807, 2.05) is 23.6 Å². The van der Waals surface area contributed by atoms with E-state index in [9.17, 15) is 4.79 Å². The van der Waals surface area contributed by atoms with E-state index in [0.717, 1.165) is 10.4 Å². The lowest BCUT2D eigenvalue weighted by Gasteiger charge is -2.20. The van der Waals surface area contributed by atoms with Crippen molar-refractivity contribution in [2.75, 3.05) is 13.2 Å². The molecule has 2 aromatic heterocycles. The smallest absolute Gasteiger partial charge is 0.226 e. The van der Waals surface area contributed by atoms with Crippen molar-refractivity contribution in [2.24, 2.45) is 0 Å². The summed E-state index contributed by atoms with van der Waals surface area (Å²) < 4.78 is 16.3. The quantitative estimate of drug-likeness (QED) is 0.625. The number of nitrogens with one attached hydrogen (secondary N) is 1. The van der Waals surface area contributed by atoms with E-state index in [1.54, 1.807) is 17.4 Å². The maximum Gasteiger partial charge on any atom is 0.226 e. The van der Waals surface area contributed by atoms with Gasteiger partial charge in [0.1, 0.15) is 13.2 Å². The first-order valence-corrected chi connectivity index (χ1v) is 10.2. The first-order valence-electron chi connectivity index (χ1n) is 8.90. The molecule has 28 heavy (non-hydrogen) atoms. The second kappa shape index (κ2) is 8.62. The number of amides is 1.